The second kappa shape index (κ2) is 7.80. The van der Waals surface area contributed by atoms with Gasteiger partial charge in [-0.05, 0) is 5.56 Å². The lowest BCUT2D eigenvalue weighted by molar-refractivity contribution is -0.0178. The normalized spacial score (nSPS) is 19.2. The van der Waals surface area contributed by atoms with E-state index in [-0.39, 0.29) is 17.9 Å². The Morgan fingerprint density at radius 3 is 2.80 bits per heavy atom. The van der Waals surface area contributed by atoms with E-state index < -0.39 is 6.10 Å². The summed E-state index contributed by atoms with van der Waals surface area (Å²) in [5.74, 6) is 0.691. The SMILES string of the molecule is CC(C)c1cc(C(=O)N2CCOCC2CC(O)c2ccccc2)no1. The van der Waals surface area contributed by atoms with Gasteiger partial charge in [-0.3, -0.25) is 4.79 Å². The molecule has 2 aromatic rings. The summed E-state index contributed by atoms with van der Waals surface area (Å²) in [6, 6.07) is 11.0. The summed E-state index contributed by atoms with van der Waals surface area (Å²) >= 11 is 0. The summed E-state index contributed by atoms with van der Waals surface area (Å²) in [6.45, 7) is 5.35. The number of ether oxygens (including phenoxy) is 1. The Balaban J connectivity index is 1.72. The zero-order valence-electron chi connectivity index (χ0n) is 14.6. The molecule has 1 N–H and O–H groups in total. The van der Waals surface area contributed by atoms with Crippen LogP contribution in [0.15, 0.2) is 40.9 Å². The van der Waals surface area contributed by atoms with E-state index in [4.69, 9.17) is 9.26 Å². The predicted molar refractivity (Wildman–Crippen MR) is 92.3 cm³/mol. The van der Waals surface area contributed by atoms with E-state index in [1.165, 1.54) is 0 Å². The average Bonchev–Trinajstić information content (AvgIpc) is 3.13. The number of benzene rings is 1. The first-order valence-electron chi connectivity index (χ1n) is 8.64. The molecular formula is C19H24N2O4. The molecule has 1 aliphatic heterocycles. The number of morpholine rings is 1. The van der Waals surface area contributed by atoms with Gasteiger partial charge in [0.05, 0.1) is 25.4 Å². The third kappa shape index (κ3) is 4.08. The standard InChI is InChI=1S/C19H24N2O4/c1-13(2)18-11-16(20-25-18)19(23)21-8-9-24-12-15(21)10-17(22)14-6-4-3-5-7-14/h3-7,11,13,15,17,22H,8-10,12H2,1-2H3. The van der Waals surface area contributed by atoms with Crippen molar-refractivity contribution in [1.82, 2.24) is 10.1 Å². The summed E-state index contributed by atoms with van der Waals surface area (Å²) in [5.41, 5.74) is 1.15. The molecular weight excluding hydrogens is 320 g/mol. The zero-order chi connectivity index (χ0) is 17.8. The first-order chi connectivity index (χ1) is 12.1. The zero-order valence-corrected chi connectivity index (χ0v) is 14.6. The van der Waals surface area contributed by atoms with Crippen LogP contribution < -0.4 is 0 Å². The number of carbonyl (C=O) groups is 1. The minimum atomic E-state index is -0.647. The van der Waals surface area contributed by atoms with Crippen molar-refractivity contribution in [3.8, 4) is 0 Å². The van der Waals surface area contributed by atoms with Gasteiger partial charge in [-0.15, -0.1) is 0 Å². The van der Waals surface area contributed by atoms with Gasteiger partial charge in [-0.2, -0.15) is 0 Å². The number of aliphatic hydroxyl groups excluding tert-OH is 1. The van der Waals surface area contributed by atoms with Crippen molar-refractivity contribution >= 4 is 5.91 Å². The molecule has 2 atom stereocenters. The molecule has 1 amide bonds. The number of aromatic nitrogens is 1. The molecule has 0 saturated carbocycles. The quantitative estimate of drug-likeness (QED) is 0.902. The second-order valence-electron chi connectivity index (χ2n) is 6.66. The molecule has 1 aliphatic rings. The average molecular weight is 344 g/mol. The Kier molecular flexibility index (Phi) is 5.50. The minimum absolute atomic E-state index is 0.175. The number of rotatable bonds is 5. The fourth-order valence-corrected chi connectivity index (χ4v) is 3.00. The fraction of sp³-hybridized carbons (Fsp3) is 0.474. The van der Waals surface area contributed by atoms with Gasteiger partial charge in [0.1, 0.15) is 5.76 Å². The number of carbonyl (C=O) groups excluding carboxylic acids is 1. The molecule has 0 radical (unpaired) electrons. The molecule has 0 bridgehead atoms. The van der Waals surface area contributed by atoms with Crippen LogP contribution in [0.3, 0.4) is 0 Å². The topological polar surface area (TPSA) is 75.8 Å². The van der Waals surface area contributed by atoms with Crippen molar-refractivity contribution in [1.29, 1.82) is 0 Å². The first kappa shape index (κ1) is 17.6. The van der Waals surface area contributed by atoms with Gasteiger partial charge < -0.3 is 19.3 Å². The van der Waals surface area contributed by atoms with Crippen LogP contribution >= 0.6 is 0 Å². The minimum Gasteiger partial charge on any atom is -0.388 e. The molecule has 0 spiro atoms. The Morgan fingerprint density at radius 2 is 2.12 bits per heavy atom. The maximum absolute atomic E-state index is 12.8. The van der Waals surface area contributed by atoms with E-state index in [1.54, 1.807) is 11.0 Å². The van der Waals surface area contributed by atoms with E-state index in [0.717, 1.165) is 5.56 Å². The second-order valence-corrected chi connectivity index (χ2v) is 6.66. The van der Waals surface area contributed by atoms with E-state index in [2.05, 4.69) is 5.16 Å². The molecule has 25 heavy (non-hydrogen) atoms. The maximum Gasteiger partial charge on any atom is 0.276 e. The molecule has 6 nitrogen and oxygen atoms in total. The van der Waals surface area contributed by atoms with Gasteiger partial charge in [0, 0.05) is 24.9 Å². The molecule has 2 unspecified atom stereocenters. The molecule has 134 valence electrons. The lowest BCUT2D eigenvalue weighted by Gasteiger charge is -2.36. The van der Waals surface area contributed by atoms with Crippen molar-refractivity contribution in [2.24, 2.45) is 0 Å². The lowest BCUT2D eigenvalue weighted by Crippen LogP contribution is -2.49. The van der Waals surface area contributed by atoms with Gasteiger partial charge in [0.15, 0.2) is 5.69 Å². The third-order valence-electron chi connectivity index (χ3n) is 4.48. The van der Waals surface area contributed by atoms with Crippen LogP contribution in [0.5, 0.6) is 0 Å². The van der Waals surface area contributed by atoms with Crippen molar-refractivity contribution < 1.29 is 19.2 Å². The van der Waals surface area contributed by atoms with Crippen LogP contribution in [0.4, 0.5) is 0 Å². The highest BCUT2D eigenvalue weighted by molar-refractivity contribution is 5.92. The molecule has 1 saturated heterocycles. The van der Waals surface area contributed by atoms with Crippen LogP contribution in [0.2, 0.25) is 0 Å². The van der Waals surface area contributed by atoms with Gasteiger partial charge in [-0.1, -0.05) is 49.3 Å². The van der Waals surface area contributed by atoms with Crippen molar-refractivity contribution in [3.63, 3.8) is 0 Å². The van der Waals surface area contributed by atoms with Crippen LogP contribution in [-0.4, -0.2) is 46.9 Å². The summed E-state index contributed by atoms with van der Waals surface area (Å²) in [4.78, 5) is 14.6. The summed E-state index contributed by atoms with van der Waals surface area (Å²) in [6.07, 6.45) is -0.225. The van der Waals surface area contributed by atoms with Gasteiger partial charge >= 0.3 is 0 Å². The fourth-order valence-electron chi connectivity index (χ4n) is 3.00. The Hall–Kier alpha value is -2.18. The smallest absolute Gasteiger partial charge is 0.276 e. The molecule has 1 fully saturated rings. The molecule has 6 heteroatoms. The Bertz CT molecular complexity index is 698. The van der Waals surface area contributed by atoms with E-state index in [0.29, 0.717) is 37.6 Å². The van der Waals surface area contributed by atoms with Crippen LogP contribution in [-0.2, 0) is 4.74 Å². The summed E-state index contributed by atoms with van der Waals surface area (Å²) < 4.78 is 10.8. The van der Waals surface area contributed by atoms with Gasteiger partial charge in [0.25, 0.3) is 5.91 Å². The number of amides is 1. The van der Waals surface area contributed by atoms with E-state index >= 15 is 0 Å². The number of nitrogens with zero attached hydrogens (tertiary/aromatic N) is 2. The first-order valence-corrected chi connectivity index (χ1v) is 8.64. The molecule has 1 aromatic heterocycles. The van der Waals surface area contributed by atoms with Gasteiger partial charge in [-0.25, -0.2) is 0 Å². The predicted octanol–water partition coefficient (Wildman–Crippen LogP) is 2.76. The summed E-state index contributed by atoms with van der Waals surface area (Å²) in [5, 5.41) is 14.4. The van der Waals surface area contributed by atoms with Crippen molar-refractivity contribution in [2.45, 2.75) is 38.3 Å². The monoisotopic (exact) mass is 344 g/mol. The van der Waals surface area contributed by atoms with Crippen molar-refractivity contribution in [2.75, 3.05) is 19.8 Å². The Labute approximate surface area is 147 Å². The van der Waals surface area contributed by atoms with Crippen LogP contribution in [0, 0.1) is 0 Å². The van der Waals surface area contributed by atoms with E-state index in [1.807, 2.05) is 44.2 Å². The number of aliphatic hydroxyl groups is 1. The van der Waals surface area contributed by atoms with E-state index in [9.17, 15) is 9.90 Å². The van der Waals surface area contributed by atoms with Gasteiger partial charge in [0.2, 0.25) is 0 Å². The molecule has 2 heterocycles. The third-order valence-corrected chi connectivity index (χ3v) is 4.48. The number of hydrogen-bond acceptors (Lipinski definition) is 5. The summed E-state index contributed by atoms with van der Waals surface area (Å²) in [7, 11) is 0. The highest BCUT2D eigenvalue weighted by Gasteiger charge is 2.31. The molecule has 1 aromatic carbocycles. The lowest BCUT2D eigenvalue weighted by atomic mass is 10.0. The Morgan fingerprint density at radius 1 is 1.36 bits per heavy atom. The van der Waals surface area contributed by atoms with Crippen molar-refractivity contribution in [3.05, 3.63) is 53.4 Å². The molecule has 3 rings (SSSR count). The maximum atomic E-state index is 12.8. The van der Waals surface area contributed by atoms with Crippen LogP contribution in [0.25, 0.3) is 0 Å². The molecule has 0 aliphatic carbocycles. The van der Waals surface area contributed by atoms with Crippen LogP contribution in [0.1, 0.15) is 54.1 Å². The largest absolute Gasteiger partial charge is 0.388 e. The highest BCUT2D eigenvalue weighted by atomic mass is 16.5. The number of hydrogen-bond donors (Lipinski definition) is 1. The highest BCUT2D eigenvalue weighted by Crippen LogP contribution is 2.24.